The van der Waals surface area contributed by atoms with Crippen LogP contribution in [0.4, 0.5) is 0 Å². The molecule has 0 unspecified atom stereocenters. The quantitative estimate of drug-likeness (QED) is 0.841. The highest BCUT2D eigenvalue weighted by atomic mass is 16.5. The minimum atomic E-state index is 0.0596. The molecule has 0 radical (unpaired) electrons. The van der Waals surface area contributed by atoms with Crippen LogP contribution in [-0.2, 0) is 25.9 Å². The molecule has 1 saturated heterocycles. The molecule has 2 aromatic heterocycles. The molecule has 0 bridgehead atoms. The van der Waals surface area contributed by atoms with E-state index in [-0.39, 0.29) is 5.56 Å². The number of likely N-dealkylation sites (tertiary alicyclic amines) is 1. The Balaban J connectivity index is 1.35. The highest BCUT2D eigenvalue weighted by Crippen LogP contribution is 2.21. The van der Waals surface area contributed by atoms with E-state index in [0.29, 0.717) is 24.2 Å². The van der Waals surface area contributed by atoms with Gasteiger partial charge in [-0.25, -0.2) is 4.68 Å². The van der Waals surface area contributed by atoms with E-state index in [1.807, 2.05) is 13.0 Å². The predicted molar refractivity (Wildman–Crippen MR) is 92.2 cm³/mol. The molecule has 4 rings (SSSR count). The van der Waals surface area contributed by atoms with Crippen LogP contribution in [0.25, 0.3) is 0 Å². The van der Waals surface area contributed by atoms with Crippen molar-refractivity contribution >= 4 is 0 Å². The Kier molecular flexibility index (Phi) is 4.65. The number of fused-ring (bicyclic) bond motifs is 1. The van der Waals surface area contributed by atoms with Crippen LogP contribution in [0.5, 0.6) is 0 Å². The number of aryl methyl sites for hydroxylation is 3. The molecule has 0 atom stereocenters. The molecule has 0 saturated carbocycles. The van der Waals surface area contributed by atoms with Crippen molar-refractivity contribution < 1.29 is 4.52 Å². The first-order valence-corrected chi connectivity index (χ1v) is 9.29. The van der Waals surface area contributed by atoms with Crippen molar-refractivity contribution in [3.63, 3.8) is 0 Å². The molecule has 0 spiro atoms. The van der Waals surface area contributed by atoms with E-state index in [0.717, 1.165) is 56.6 Å². The fourth-order valence-corrected chi connectivity index (χ4v) is 3.90. The highest BCUT2D eigenvalue weighted by molar-refractivity contribution is 5.20. The first-order chi connectivity index (χ1) is 12.2. The zero-order valence-corrected chi connectivity index (χ0v) is 14.8. The fourth-order valence-electron chi connectivity index (χ4n) is 3.90. The zero-order chi connectivity index (χ0) is 17.2. The van der Waals surface area contributed by atoms with Gasteiger partial charge in [-0.2, -0.15) is 10.1 Å². The average Bonchev–Trinajstić information content (AvgIpc) is 3.02. The van der Waals surface area contributed by atoms with E-state index in [4.69, 9.17) is 4.52 Å². The number of hydrogen-bond acceptors (Lipinski definition) is 6. The molecule has 2 aliphatic rings. The van der Waals surface area contributed by atoms with Gasteiger partial charge in [0.25, 0.3) is 5.56 Å². The third-order valence-corrected chi connectivity index (χ3v) is 5.34. The van der Waals surface area contributed by atoms with Crippen molar-refractivity contribution in [3.05, 3.63) is 39.4 Å². The van der Waals surface area contributed by atoms with Crippen LogP contribution in [0.3, 0.4) is 0 Å². The normalized spacial score (nSPS) is 19.1. The van der Waals surface area contributed by atoms with Crippen molar-refractivity contribution in [1.82, 2.24) is 24.8 Å². The smallest absolute Gasteiger partial charge is 0.267 e. The minimum Gasteiger partial charge on any atom is -0.338 e. The first-order valence-electron chi connectivity index (χ1n) is 9.29. The fraction of sp³-hybridized carbons (Fsp3) is 0.667. The SMILES string of the molecule is Cc1noc(CN2CCC(Cn3nc4c(cc3=O)CCCC4)CC2)n1. The Hall–Kier alpha value is -2.02. The van der Waals surface area contributed by atoms with Gasteiger partial charge >= 0.3 is 0 Å². The van der Waals surface area contributed by atoms with Gasteiger partial charge in [0.05, 0.1) is 12.2 Å². The molecule has 1 aliphatic carbocycles. The third-order valence-electron chi connectivity index (χ3n) is 5.34. The van der Waals surface area contributed by atoms with Crippen LogP contribution in [0, 0.1) is 12.8 Å². The van der Waals surface area contributed by atoms with E-state index in [1.165, 1.54) is 12.8 Å². The second-order valence-electron chi connectivity index (χ2n) is 7.30. The molecule has 0 N–H and O–H groups in total. The van der Waals surface area contributed by atoms with E-state index in [2.05, 4.69) is 20.1 Å². The Morgan fingerprint density at radius 2 is 2.04 bits per heavy atom. The van der Waals surface area contributed by atoms with Crippen LogP contribution >= 0.6 is 0 Å². The number of aromatic nitrogens is 4. The second-order valence-corrected chi connectivity index (χ2v) is 7.30. The summed E-state index contributed by atoms with van der Waals surface area (Å²) in [5.41, 5.74) is 2.36. The van der Waals surface area contributed by atoms with Gasteiger partial charge in [-0.1, -0.05) is 5.16 Å². The largest absolute Gasteiger partial charge is 0.338 e. The predicted octanol–water partition coefficient (Wildman–Crippen LogP) is 1.73. The summed E-state index contributed by atoms with van der Waals surface area (Å²) >= 11 is 0. The van der Waals surface area contributed by atoms with E-state index in [9.17, 15) is 4.79 Å². The molecule has 2 aromatic rings. The molecule has 7 heteroatoms. The Morgan fingerprint density at radius 1 is 1.24 bits per heavy atom. The van der Waals surface area contributed by atoms with Crippen LogP contribution in [0.2, 0.25) is 0 Å². The van der Waals surface area contributed by atoms with Gasteiger partial charge < -0.3 is 4.52 Å². The summed E-state index contributed by atoms with van der Waals surface area (Å²) in [6.07, 6.45) is 6.52. The maximum Gasteiger partial charge on any atom is 0.267 e. The van der Waals surface area contributed by atoms with Gasteiger partial charge in [0, 0.05) is 12.6 Å². The molecule has 0 amide bonds. The lowest BCUT2D eigenvalue weighted by Gasteiger charge is -2.31. The summed E-state index contributed by atoms with van der Waals surface area (Å²) < 4.78 is 6.90. The third kappa shape index (κ3) is 3.81. The second kappa shape index (κ2) is 7.07. The molecule has 25 heavy (non-hydrogen) atoms. The van der Waals surface area contributed by atoms with Crippen LogP contribution in [-0.4, -0.2) is 37.9 Å². The van der Waals surface area contributed by atoms with Crippen molar-refractivity contribution in [2.45, 2.75) is 58.5 Å². The van der Waals surface area contributed by atoms with Crippen molar-refractivity contribution in [3.8, 4) is 0 Å². The van der Waals surface area contributed by atoms with E-state index < -0.39 is 0 Å². The van der Waals surface area contributed by atoms with Gasteiger partial charge in [0.15, 0.2) is 5.82 Å². The maximum atomic E-state index is 12.3. The van der Waals surface area contributed by atoms with Gasteiger partial charge in [-0.3, -0.25) is 9.69 Å². The Morgan fingerprint density at radius 3 is 2.80 bits per heavy atom. The first kappa shape index (κ1) is 16.4. The molecular weight excluding hydrogens is 318 g/mol. The Bertz CT molecular complexity index is 789. The van der Waals surface area contributed by atoms with E-state index >= 15 is 0 Å². The van der Waals surface area contributed by atoms with Gasteiger partial charge in [-0.05, 0) is 70.0 Å². The molecule has 134 valence electrons. The lowest BCUT2D eigenvalue weighted by molar-refractivity contribution is 0.148. The zero-order valence-electron chi connectivity index (χ0n) is 14.8. The average molecular weight is 343 g/mol. The number of hydrogen-bond donors (Lipinski definition) is 0. The van der Waals surface area contributed by atoms with Crippen LogP contribution in [0.15, 0.2) is 15.4 Å². The van der Waals surface area contributed by atoms with Gasteiger partial charge in [0.2, 0.25) is 5.89 Å². The number of nitrogens with zero attached hydrogens (tertiary/aromatic N) is 5. The topological polar surface area (TPSA) is 77.0 Å². The number of rotatable bonds is 4. The summed E-state index contributed by atoms with van der Waals surface area (Å²) in [5, 5.41) is 8.49. The molecule has 3 heterocycles. The van der Waals surface area contributed by atoms with Crippen molar-refractivity contribution in [1.29, 1.82) is 0 Å². The summed E-state index contributed by atoms with van der Waals surface area (Å²) in [6, 6.07) is 1.81. The molecular formula is C18H25N5O2. The standard InChI is InChI=1S/C18H25N5O2/c1-13-19-17(25-21-13)12-22-8-6-14(7-9-22)11-23-18(24)10-15-4-2-3-5-16(15)20-23/h10,14H,2-9,11-12H2,1H3. The molecule has 1 fully saturated rings. The van der Waals surface area contributed by atoms with Crippen LogP contribution < -0.4 is 5.56 Å². The van der Waals surface area contributed by atoms with Crippen molar-refractivity contribution in [2.24, 2.45) is 5.92 Å². The van der Waals surface area contributed by atoms with E-state index in [1.54, 1.807) is 4.68 Å². The summed E-state index contributed by atoms with van der Waals surface area (Å²) in [6.45, 7) is 5.27. The minimum absolute atomic E-state index is 0.0596. The van der Waals surface area contributed by atoms with Crippen LogP contribution in [0.1, 0.15) is 48.7 Å². The summed E-state index contributed by atoms with van der Waals surface area (Å²) in [7, 11) is 0. The maximum absolute atomic E-state index is 12.3. The lowest BCUT2D eigenvalue weighted by Crippen LogP contribution is -2.37. The lowest BCUT2D eigenvalue weighted by atomic mass is 9.96. The molecule has 7 nitrogen and oxygen atoms in total. The molecule has 1 aliphatic heterocycles. The van der Waals surface area contributed by atoms with Crippen molar-refractivity contribution in [2.75, 3.05) is 13.1 Å². The molecule has 0 aromatic carbocycles. The Labute approximate surface area is 147 Å². The summed E-state index contributed by atoms with van der Waals surface area (Å²) in [5.74, 6) is 1.87. The summed E-state index contributed by atoms with van der Waals surface area (Å²) in [4.78, 5) is 18.9. The highest BCUT2D eigenvalue weighted by Gasteiger charge is 2.22. The van der Waals surface area contributed by atoms with Gasteiger partial charge in [0.1, 0.15) is 0 Å². The monoisotopic (exact) mass is 343 g/mol. The number of piperidine rings is 1. The van der Waals surface area contributed by atoms with Gasteiger partial charge in [-0.15, -0.1) is 0 Å².